The Morgan fingerprint density at radius 3 is 2.46 bits per heavy atom. The molecule has 24 heavy (non-hydrogen) atoms. The van der Waals surface area contributed by atoms with Crippen LogP contribution >= 0.6 is 0 Å². The number of aromatic carboxylic acids is 1. The maximum atomic E-state index is 11.5. The SMILES string of the molecule is Cc1ccc(-c2c(C)nn3c(C(C)C)cc(C(=O)O)nc23)c(C)c1. The zero-order chi connectivity index (χ0) is 17.6. The van der Waals surface area contributed by atoms with Gasteiger partial charge in [0.25, 0.3) is 0 Å². The van der Waals surface area contributed by atoms with E-state index < -0.39 is 5.97 Å². The molecule has 5 nitrogen and oxygen atoms in total. The third-order valence-corrected chi connectivity index (χ3v) is 4.25. The predicted molar refractivity (Wildman–Crippen MR) is 93.7 cm³/mol. The van der Waals surface area contributed by atoms with Gasteiger partial charge < -0.3 is 5.11 Å². The van der Waals surface area contributed by atoms with Gasteiger partial charge in [-0.2, -0.15) is 5.10 Å². The third kappa shape index (κ3) is 2.56. The summed E-state index contributed by atoms with van der Waals surface area (Å²) in [6.45, 7) is 10.1. The van der Waals surface area contributed by atoms with Crippen LogP contribution in [-0.2, 0) is 0 Å². The van der Waals surface area contributed by atoms with Gasteiger partial charge in [0.2, 0.25) is 0 Å². The molecule has 0 unspecified atom stereocenters. The smallest absolute Gasteiger partial charge is 0.354 e. The maximum absolute atomic E-state index is 11.5. The van der Waals surface area contributed by atoms with Gasteiger partial charge in [-0.15, -0.1) is 0 Å². The molecule has 0 atom stereocenters. The van der Waals surface area contributed by atoms with Crippen molar-refractivity contribution in [2.24, 2.45) is 0 Å². The Bertz CT molecular complexity index is 955. The van der Waals surface area contributed by atoms with Gasteiger partial charge in [-0.25, -0.2) is 14.3 Å². The molecule has 1 N–H and O–H groups in total. The number of fused-ring (bicyclic) bond motifs is 1. The van der Waals surface area contributed by atoms with Crippen LogP contribution in [0.2, 0.25) is 0 Å². The van der Waals surface area contributed by atoms with Crippen LogP contribution in [0, 0.1) is 20.8 Å². The van der Waals surface area contributed by atoms with E-state index in [-0.39, 0.29) is 11.6 Å². The highest BCUT2D eigenvalue weighted by atomic mass is 16.4. The van der Waals surface area contributed by atoms with Crippen LogP contribution in [0.15, 0.2) is 24.3 Å². The van der Waals surface area contributed by atoms with Crippen molar-refractivity contribution in [1.29, 1.82) is 0 Å². The summed E-state index contributed by atoms with van der Waals surface area (Å²) in [5.41, 5.74) is 6.60. The second kappa shape index (κ2) is 5.74. The average Bonchev–Trinajstić information content (AvgIpc) is 2.82. The highest BCUT2D eigenvalue weighted by Gasteiger charge is 2.20. The molecule has 0 aliphatic rings. The number of carboxylic acids is 1. The van der Waals surface area contributed by atoms with Crippen molar-refractivity contribution in [3.8, 4) is 11.1 Å². The summed E-state index contributed by atoms with van der Waals surface area (Å²) < 4.78 is 1.78. The first kappa shape index (κ1) is 16.2. The Labute approximate surface area is 141 Å². The Kier molecular flexibility index (Phi) is 3.87. The number of carbonyl (C=O) groups is 1. The molecular weight excluding hydrogens is 302 g/mol. The second-order valence-electron chi connectivity index (χ2n) is 6.54. The molecule has 0 bridgehead atoms. The van der Waals surface area contributed by atoms with E-state index in [1.165, 1.54) is 5.56 Å². The zero-order valence-electron chi connectivity index (χ0n) is 14.6. The molecule has 3 rings (SSSR count). The van der Waals surface area contributed by atoms with Crippen LogP contribution in [0.5, 0.6) is 0 Å². The van der Waals surface area contributed by atoms with Gasteiger partial charge in [0.1, 0.15) is 0 Å². The minimum absolute atomic E-state index is 0.0529. The van der Waals surface area contributed by atoms with E-state index in [9.17, 15) is 9.90 Å². The minimum Gasteiger partial charge on any atom is -0.477 e. The van der Waals surface area contributed by atoms with E-state index in [2.05, 4.69) is 42.1 Å². The molecule has 0 radical (unpaired) electrons. The lowest BCUT2D eigenvalue weighted by Gasteiger charge is -2.10. The zero-order valence-corrected chi connectivity index (χ0v) is 14.6. The molecule has 5 heteroatoms. The topological polar surface area (TPSA) is 67.5 Å². The molecule has 1 aromatic carbocycles. The molecule has 0 aliphatic carbocycles. The highest BCUT2D eigenvalue weighted by Crippen LogP contribution is 2.32. The van der Waals surface area contributed by atoms with E-state index in [0.717, 1.165) is 28.1 Å². The van der Waals surface area contributed by atoms with Crippen LogP contribution in [0.3, 0.4) is 0 Å². The van der Waals surface area contributed by atoms with Gasteiger partial charge in [-0.3, -0.25) is 0 Å². The van der Waals surface area contributed by atoms with Gasteiger partial charge in [-0.05, 0) is 43.9 Å². The number of carboxylic acid groups (broad SMARTS) is 1. The Morgan fingerprint density at radius 2 is 1.88 bits per heavy atom. The lowest BCUT2D eigenvalue weighted by atomic mass is 9.99. The van der Waals surface area contributed by atoms with E-state index in [1.54, 1.807) is 10.6 Å². The van der Waals surface area contributed by atoms with Crippen molar-refractivity contribution in [1.82, 2.24) is 14.6 Å². The quantitative estimate of drug-likeness (QED) is 0.786. The number of aryl methyl sites for hydroxylation is 3. The molecule has 0 fully saturated rings. The van der Waals surface area contributed by atoms with Gasteiger partial charge in [0.05, 0.1) is 5.69 Å². The molecule has 0 saturated heterocycles. The van der Waals surface area contributed by atoms with E-state index in [1.807, 2.05) is 20.8 Å². The molecule has 0 saturated carbocycles. The van der Waals surface area contributed by atoms with Gasteiger partial charge >= 0.3 is 5.97 Å². The van der Waals surface area contributed by atoms with Gasteiger partial charge in [0, 0.05) is 11.3 Å². The number of nitrogens with zero attached hydrogens (tertiary/aromatic N) is 3. The number of hydrogen-bond donors (Lipinski definition) is 1. The first-order chi connectivity index (χ1) is 11.3. The maximum Gasteiger partial charge on any atom is 0.354 e. The minimum atomic E-state index is -1.02. The van der Waals surface area contributed by atoms with Crippen molar-refractivity contribution in [3.05, 3.63) is 52.5 Å². The van der Waals surface area contributed by atoms with Crippen LogP contribution in [0.4, 0.5) is 0 Å². The van der Waals surface area contributed by atoms with Crippen molar-refractivity contribution in [2.45, 2.75) is 40.5 Å². The summed E-state index contributed by atoms with van der Waals surface area (Å²) >= 11 is 0. The number of aromatic nitrogens is 3. The highest BCUT2D eigenvalue weighted by molar-refractivity contribution is 5.88. The molecule has 2 aromatic heterocycles. The van der Waals surface area contributed by atoms with Crippen LogP contribution < -0.4 is 0 Å². The Balaban J connectivity index is 2.40. The van der Waals surface area contributed by atoms with Crippen LogP contribution in [-0.4, -0.2) is 25.7 Å². The largest absolute Gasteiger partial charge is 0.477 e. The van der Waals surface area contributed by atoms with Crippen molar-refractivity contribution < 1.29 is 9.90 Å². The monoisotopic (exact) mass is 323 g/mol. The number of rotatable bonds is 3. The second-order valence-corrected chi connectivity index (χ2v) is 6.54. The van der Waals surface area contributed by atoms with E-state index in [0.29, 0.717) is 5.65 Å². The summed E-state index contributed by atoms with van der Waals surface area (Å²) in [5.74, 6) is -0.885. The summed E-state index contributed by atoms with van der Waals surface area (Å²) in [6, 6.07) is 7.83. The number of hydrogen-bond acceptors (Lipinski definition) is 3. The molecule has 124 valence electrons. The molecular formula is C19H21N3O2. The van der Waals surface area contributed by atoms with Gasteiger partial charge in [0.15, 0.2) is 11.3 Å². The van der Waals surface area contributed by atoms with Gasteiger partial charge in [-0.1, -0.05) is 37.6 Å². The molecule has 0 spiro atoms. The van der Waals surface area contributed by atoms with E-state index >= 15 is 0 Å². The standard InChI is InChI=1S/C19H21N3O2/c1-10(2)16-9-15(19(23)24)20-18-17(13(5)21-22(16)18)14-7-6-11(3)8-12(14)4/h6-10H,1-5H3,(H,23,24). The lowest BCUT2D eigenvalue weighted by Crippen LogP contribution is -2.09. The third-order valence-electron chi connectivity index (χ3n) is 4.25. The van der Waals surface area contributed by atoms with Crippen molar-refractivity contribution in [3.63, 3.8) is 0 Å². The number of benzene rings is 1. The Morgan fingerprint density at radius 1 is 1.17 bits per heavy atom. The molecule has 2 heterocycles. The first-order valence-corrected chi connectivity index (χ1v) is 8.00. The van der Waals surface area contributed by atoms with Crippen LogP contribution in [0.1, 0.15) is 52.8 Å². The predicted octanol–water partition coefficient (Wildman–Crippen LogP) is 4.14. The van der Waals surface area contributed by atoms with Crippen molar-refractivity contribution >= 4 is 11.6 Å². The normalized spacial score (nSPS) is 11.4. The van der Waals surface area contributed by atoms with Crippen LogP contribution in [0.25, 0.3) is 16.8 Å². The van der Waals surface area contributed by atoms with Crippen molar-refractivity contribution in [2.75, 3.05) is 0 Å². The molecule has 0 aliphatic heterocycles. The average molecular weight is 323 g/mol. The summed E-state index contributed by atoms with van der Waals surface area (Å²) in [4.78, 5) is 15.9. The fraction of sp³-hybridized carbons (Fsp3) is 0.316. The fourth-order valence-electron chi connectivity index (χ4n) is 3.08. The lowest BCUT2D eigenvalue weighted by molar-refractivity contribution is 0.0690. The fourth-order valence-corrected chi connectivity index (χ4v) is 3.08. The van der Waals surface area contributed by atoms with E-state index in [4.69, 9.17) is 0 Å². The summed E-state index contributed by atoms with van der Waals surface area (Å²) in [6.07, 6.45) is 0. The Hall–Kier alpha value is -2.69. The summed E-state index contributed by atoms with van der Waals surface area (Å²) in [5, 5.41) is 14.1. The first-order valence-electron chi connectivity index (χ1n) is 8.00. The summed E-state index contributed by atoms with van der Waals surface area (Å²) in [7, 11) is 0. The molecule has 3 aromatic rings. The molecule has 0 amide bonds.